The lowest BCUT2D eigenvalue weighted by Gasteiger charge is -2.06. The summed E-state index contributed by atoms with van der Waals surface area (Å²) < 4.78 is 0. The normalized spacial score (nSPS) is 12.3. The number of benzene rings is 2. The molecule has 0 spiro atoms. The molecule has 1 atom stereocenters. The summed E-state index contributed by atoms with van der Waals surface area (Å²) in [5.41, 5.74) is 10.7. The largest absolute Gasteiger partial charge is 0.341 e. The van der Waals surface area contributed by atoms with E-state index in [9.17, 15) is 0 Å². The van der Waals surface area contributed by atoms with Gasteiger partial charge in [-0.25, -0.2) is 4.98 Å². The Morgan fingerprint density at radius 1 is 0.955 bits per heavy atom. The van der Waals surface area contributed by atoms with Gasteiger partial charge in [0.1, 0.15) is 5.82 Å². The molecule has 112 valence electrons. The van der Waals surface area contributed by atoms with Crippen molar-refractivity contribution in [2.75, 3.05) is 0 Å². The second-order valence-corrected chi connectivity index (χ2v) is 5.52. The van der Waals surface area contributed by atoms with Crippen LogP contribution in [0.4, 0.5) is 0 Å². The Labute approximate surface area is 131 Å². The first-order valence-electron chi connectivity index (χ1n) is 7.74. The number of nitrogens with two attached hydrogens (primary N) is 1. The summed E-state index contributed by atoms with van der Waals surface area (Å²) in [4.78, 5) is 7.75. The van der Waals surface area contributed by atoms with E-state index in [1.807, 2.05) is 12.3 Å². The Morgan fingerprint density at radius 2 is 1.59 bits per heavy atom. The van der Waals surface area contributed by atoms with Gasteiger partial charge in [0.15, 0.2) is 0 Å². The first-order chi connectivity index (χ1) is 10.8. The molecule has 0 aliphatic heterocycles. The van der Waals surface area contributed by atoms with Crippen LogP contribution in [0.1, 0.15) is 31.6 Å². The maximum atomic E-state index is 6.10. The summed E-state index contributed by atoms with van der Waals surface area (Å²) in [6, 6.07) is 18.9. The SMILES string of the molecule is CCC[C@@H](N)c1ncc(-c2ccc(-c3ccccc3)cc2)[nH]1. The molecule has 1 aromatic heterocycles. The zero-order chi connectivity index (χ0) is 15.4. The molecular formula is C19H21N3. The number of nitrogens with zero attached hydrogens (tertiary/aromatic N) is 1. The lowest BCUT2D eigenvalue weighted by molar-refractivity contribution is 0.609. The van der Waals surface area contributed by atoms with Gasteiger partial charge in [0.2, 0.25) is 0 Å². The summed E-state index contributed by atoms with van der Waals surface area (Å²) in [6.07, 6.45) is 3.87. The van der Waals surface area contributed by atoms with Crippen molar-refractivity contribution in [3.8, 4) is 22.4 Å². The number of imidazole rings is 1. The molecule has 0 bridgehead atoms. The fourth-order valence-corrected chi connectivity index (χ4v) is 2.59. The zero-order valence-corrected chi connectivity index (χ0v) is 12.8. The standard InChI is InChI=1S/C19H21N3/c1-2-6-17(20)19-21-13-18(22-19)16-11-9-15(10-12-16)14-7-4-3-5-8-14/h3-5,7-13,17H,2,6,20H2,1H3,(H,21,22)/t17-/m1/s1. The highest BCUT2D eigenvalue weighted by molar-refractivity contribution is 5.68. The van der Waals surface area contributed by atoms with Crippen molar-refractivity contribution in [1.82, 2.24) is 9.97 Å². The molecule has 3 nitrogen and oxygen atoms in total. The highest BCUT2D eigenvalue weighted by atomic mass is 15.0. The van der Waals surface area contributed by atoms with E-state index in [0.29, 0.717) is 0 Å². The van der Waals surface area contributed by atoms with E-state index in [-0.39, 0.29) is 6.04 Å². The van der Waals surface area contributed by atoms with Gasteiger partial charge in [-0.15, -0.1) is 0 Å². The number of aromatic amines is 1. The van der Waals surface area contributed by atoms with E-state index in [4.69, 9.17) is 5.73 Å². The van der Waals surface area contributed by atoms with E-state index in [1.54, 1.807) is 0 Å². The number of hydrogen-bond donors (Lipinski definition) is 2. The fourth-order valence-electron chi connectivity index (χ4n) is 2.59. The average molecular weight is 291 g/mol. The number of aromatic nitrogens is 2. The Bertz CT molecular complexity index is 714. The van der Waals surface area contributed by atoms with Crippen LogP contribution in [0.15, 0.2) is 60.8 Å². The minimum absolute atomic E-state index is 0.0117. The maximum Gasteiger partial charge on any atom is 0.123 e. The van der Waals surface area contributed by atoms with E-state index < -0.39 is 0 Å². The van der Waals surface area contributed by atoms with Crippen LogP contribution in [0, 0.1) is 0 Å². The first-order valence-corrected chi connectivity index (χ1v) is 7.74. The molecule has 1 heterocycles. The van der Waals surface area contributed by atoms with Crippen molar-refractivity contribution in [2.24, 2.45) is 5.73 Å². The molecule has 0 fully saturated rings. The molecular weight excluding hydrogens is 270 g/mol. The van der Waals surface area contributed by atoms with Crippen LogP contribution < -0.4 is 5.73 Å². The van der Waals surface area contributed by atoms with Crippen molar-refractivity contribution in [3.63, 3.8) is 0 Å². The van der Waals surface area contributed by atoms with Crippen LogP contribution >= 0.6 is 0 Å². The Kier molecular flexibility index (Phi) is 4.35. The third-order valence-electron chi connectivity index (χ3n) is 3.85. The average Bonchev–Trinajstić information content (AvgIpc) is 3.06. The van der Waals surface area contributed by atoms with E-state index in [2.05, 4.69) is 65.4 Å². The summed E-state index contributed by atoms with van der Waals surface area (Å²) >= 11 is 0. The molecule has 0 aliphatic carbocycles. The summed E-state index contributed by atoms with van der Waals surface area (Å²) in [6.45, 7) is 2.13. The van der Waals surface area contributed by atoms with Gasteiger partial charge in [0.05, 0.1) is 17.9 Å². The van der Waals surface area contributed by atoms with Gasteiger partial charge in [0, 0.05) is 0 Å². The molecule has 3 heteroatoms. The zero-order valence-electron chi connectivity index (χ0n) is 12.8. The topological polar surface area (TPSA) is 54.7 Å². The molecule has 0 aliphatic rings. The van der Waals surface area contributed by atoms with Gasteiger partial charge >= 0.3 is 0 Å². The lowest BCUT2D eigenvalue weighted by Crippen LogP contribution is -2.11. The molecule has 0 saturated carbocycles. The molecule has 2 aromatic carbocycles. The van der Waals surface area contributed by atoms with Crippen LogP contribution in [-0.4, -0.2) is 9.97 Å². The Morgan fingerprint density at radius 3 is 2.27 bits per heavy atom. The third-order valence-corrected chi connectivity index (χ3v) is 3.85. The highest BCUT2D eigenvalue weighted by Gasteiger charge is 2.10. The summed E-state index contributed by atoms with van der Waals surface area (Å²) in [5, 5.41) is 0. The predicted octanol–water partition coefficient (Wildman–Crippen LogP) is 4.54. The van der Waals surface area contributed by atoms with E-state index >= 15 is 0 Å². The molecule has 0 radical (unpaired) electrons. The van der Waals surface area contributed by atoms with Gasteiger partial charge in [-0.05, 0) is 23.1 Å². The van der Waals surface area contributed by atoms with E-state index in [1.165, 1.54) is 11.1 Å². The Balaban J connectivity index is 1.81. The van der Waals surface area contributed by atoms with Crippen molar-refractivity contribution in [1.29, 1.82) is 0 Å². The summed E-state index contributed by atoms with van der Waals surface area (Å²) in [5.74, 6) is 0.865. The summed E-state index contributed by atoms with van der Waals surface area (Å²) in [7, 11) is 0. The van der Waals surface area contributed by atoms with Gasteiger partial charge in [-0.3, -0.25) is 0 Å². The predicted molar refractivity (Wildman–Crippen MR) is 91.3 cm³/mol. The van der Waals surface area contributed by atoms with Gasteiger partial charge in [-0.2, -0.15) is 0 Å². The third kappa shape index (κ3) is 3.10. The van der Waals surface area contributed by atoms with Gasteiger partial charge in [0.25, 0.3) is 0 Å². The van der Waals surface area contributed by atoms with Crippen LogP contribution in [-0.2, 0) is 0 Å². The Hall–Kier alpha value is -2.39. The second-order valence-electron chi connectivity index (χ2n) is 5.52. The van der Waals surface area contributed by atoms with Gasteiger partial charge < -0.3 is 10.7 Å². The fraction of sp³-hybridized carbons (Fsp3) is 0.211. The highest BCUT2D eigenvalue weighted by Crippen LogP contribution is 2.24. The van der Waals surface area contributed by atoms with Crippen molar-refractivity contribution >= 4 is 0 Å². The van der Waals surface area contributed by atoms with Gasteiger partial charge in [-0.1, -0.05) is 67.9 Å². The van der Waals surface area contributed by atoms with Crippen molar-refractivity contribution < 1.29 is 0 Å². The molecule has 0 saturated heterocycles. The molecule has 0 amide bonds. The number of nitrogens with one attached hydrogen (secondary N) is 1. The molecule has 0 unspecified atom stereocenters. The molecule has 22 heavy (non-hydrogen) atoms. The minimum atomic E-state index is -0.0117. The first kappa shape index (κ1) is 14.5. The maximum absolute atomic E-state index is 6.10. The van der Waals surface area contributed by atoms with Crippen LogP contribution in [0.3, 0.4) is 0 Å². The molecule has 3 rings (SSSR count). The van der Waals surface area contributed by atoms with Crippen LogP contribution in [0.2, 0.25) is 0 Å². The van der Waals surface area contributed by atoms with Crippen molar-refractivity contribution in [3.05, 3.63) is 66.6 Å². The minimum Gasteiger partial charge on any atom is -0.341 e. The van der Waals surface area contributed by atoms with Crippen LogP contribution in [0.5, 0.6) is 0 Å². The number of hydrogen-bond acceptors (Lipinski definition) is 2. The quantitative estimate of drug-likeness (QED) is 0.725. The second kappa shape index (κ2) is 6.58. The van der Waals surface area contributed by atoms with Crippen molar-refractivity contribution in [2.45, 2.75) is 25.8 Å². The monoisotopic (exact) mass is 291 g/mol. The number of rotatable bonds is 5. The van der Waals surface area contributed by atoms with E-state index in [0.717, 1.165) is 29.9 Å². The molecule has 3 aromatic rings. The number of H-pyrrole nitrogens is 1. The lowest BCUT2D eigenvalue weighted by atomic mass is 10.0. The smallest absolute Gasteiger partial charge is 0.123 e. The van der Waals surface area contributed by atoms with Crippen LogP contribution in [0.25, 0.3) is 22.4 Å². The molecule has 3 N–H and O–H groups in total.